The molecule has 2 N–H and O–H groups in total. The van der Waals surface area contributed by atoms with Gasteiger partial charge in [-0.05, 0) is 54.9 Å². The van der Waals surface area contributed by atoms with E-state index in [0.717, 1.165) is 40.9 Å². The Balaban J connectivity index is 1.66. The molecule has 1 saturated heterocycles. The normalized spacial score (nSPS) is 20.3. The Morgan fingerprint density at radius 3 is 2.90 bits per heavy atom. The molecule has 2 fully saturated rings. The molecule has 5 rings (SSSR count). The third kappa shape index (κ3) is 3.49. The van der Waals surface area contributed by atoms with E-state index in [1.54, 1.807) is 12.3 Å². The number of nitrogens with zero attached hydrogens (tertiary/aromatic N) is 2. The maximum Gasteiger partial charge on any atom is 0.274 e. The van der Waals surface area contributed by atoms with Crippen LogP contribution in [-0.2, 0) is 24.7 Å². The Bertz CT molecular complexity index is 1300. The number of hydrogen-bond acceptors (Lipinski definition) is 4. The van der Waals surface area contributed by atoms with Gasteiger partial charge in [0, 0.05) is 76.6 Å². The molecular weight excluding hydrogens is 400 g/mol. The standard InChI is InChI=1S/C22H26N4O3S/c1-25-13-18(16-5-9-23-20(16)21(25)27)17-12-15(4-10-24-30(28)29)2-3-19(17)26-11-8-22(14-26)6-7-22/h2-3,5,9,12-13,23-24H,4,6-8,10-11,14H2,1H3,(H,28,29)/p-1/i1D3. The first-order valence-corrected chi connectivity index (χ1v) is 11.2. The predicted molar refractivity (Wildman–Crippen MR) is 118 cm³/mol. The van der Waals surface area contributed by atoms with E-state index >= 15 is 0 Å². The number of nitrogens with one attached hydrogen (secondary N) is 2. The average Bonchev–Trinajstić information content (AvgIpc) is 3.14. The van der Waals surface area contributed by atoms with E-state index < -0.39 is 23.8 Å². The molecule has 0 radical (unpaired) electrons. The molecule has 2 aliphatic rings. The zero-order valence-corrected chi connectivity index (χ0v) is 17.3. The van der Waals surface area contributed by atoms with Crippen molar-refractivity contribution >= 4 is 27.9 Å². The van der Waals surface area contributed by atoms with Gasteiger partial charge in [0.15, 0.2) is 0 Å². The van der Waals surface area contributed by atoms with Crippen molar-refractivity contribution in [3.8, 4) is 11.1 Å². The van der Waals surface area contributed by atoms with Crippen LogP contribution >= 0.6 is 0 Å². The smallest absolute Gasteiger partial charge is 0.274 e. The molecule has 3 heterocycles. The van der Waals surface area contributed by atoms with Crippen LogP contribution in [0.25, 0.3) is 22.0 Å². The van der Waals surface area contributed by atoms with E-state index in [4.69, 9.17) is 4.11 Å². The van der Waals surface area contributed by atoms with Crippen molar-refractivity contribution in [1.82, 2.24) is 14.3 Å². The number of H-pyrrole nitrogens is 1. The number of aromatic amines is 1. The lowest BCUT2D eigenvalue weighted by Crippen LogP contribution is -2.22. The lowest BCUT2D eigenvalue weighted by atomic mass is 9.97. The zero-order chi connectivity index (χ0) is 23.4. The molecule has 8 heteroatoms. The second-order valence-corrected chi connectivity index (χ2v) is 9.14. The van der Waals surface area contributed by atoms with Gasteiger partial charge in [-0.25, -0.2) is 4.72 Å². The number of pyridine rings is 1. The third-order valence-electron chi connectivity index (χ3n) is 6.45. The van der Waals surface area contributed by atoms with Crippen LogP contribution in [0, 0.1) is 5.41 Å². The molecule has 2 aromatic heterocycles. The summed E-state index contributed by atoms with van der Waals surface area (Å²) in [6.45, 7) is -0.462. The second kappa shape index (κ2) is 7.37. The number of fused-ring (bicyclic) bond motifs is 1. The zero-order valence-electron chi connectivity index (χ0n) is 19.4. The SMILES string of the molecule is [2H]C([2H])([2H])n1cc(-c2cc(CCNS(=O)[O-])ccc2N2CCC3(CC3)C2)c2cc[nH]c2c1=O. The molecule has 1 saturated carbocycles. The highest BCUT2D eigenvalue weighted by Crippen LogP contribution is 2.54. The predicted octanol–water partition coefficient (Wildman–Crippen LogP) is 2.45. The van der Waals surface area contributed by atoms with Crippen LogP contribution < -0.4 is 15.2 Å². The highest BCUT2D eigenvalue weighted by molar-refractivity contribution is 7.77. The number of hydrogen-bond donors (Lipinski definition) is 2. The van der Waals surface area contributed by atoms with Crippen LogP contribution in [0.1, 0.15) is 28.9 Å². The lowest BCUT2D eigenvalue weighted by molar-refractivity contribution is 0.523. The Kier molecular flexibility index (Phi) is 4.00. The minimum absolute atomic E-state index is 0.253. The summed E-state index contributed by atoms with van der Waals surface area (Å²) < 4.78 is 48.5. The maximum absolute atomic E-state index is 12.8. The van der Waals surface area contributed by atoms with Gasteiger partial charge in [-0.2, -0.15) is 0 Å². The van der Waals surface area contributed by atoms with Crippen LogP contribution in [0.4, 0.5) is 5.69 Å². The Labute approximate surface area is 181 Å². The Morgan fingerprint density at radius 2 is 2.17 bits per heavy atom. The van der Waals surface area contributed by atoms with Gasteiger partial charge in [0.1, 0.15) is 5.52 Å². The van der Waals surface area contributed by atoms with Crippen LogP contribution in [-0.4, -0.2) is 37.9 Å². The van der Waals surface area contributed by atoms with E-state index in [1.807, 2.05) is 18.2 Å². The van der Waals surface area contributed by atoms with E-state index in [-0.39, 0.29) is 12.1 Å². The van der Waals surface area contributed by atoms with Crippen molar-refractivity contribution in [2.24, 2.45) is 12.4 Å². The van der Waals surface area contributed by atoms with Gasteiger partial charge in [0.05, 0.1) is 0 Å². The Morgan fingerprint density at radius 1 is 1.30 bits per heavy atom. The molecule has 3 aromatic rings. The van der Waals surface area contributed by atoms with Crippen molar-refractivity contribution in [2.45, 2.75) is 25.7 Å². The van der Waals surface area contributed by atoms with Crippen LogP contribution in [0.2, 0.25) is 0 Å². The van der Waals surface area contributed by atoms with Crippen molar-refractivity contribution in [1.29, 1.82) is 0 Å². The van der Waals surface area contributed by atoms with Crippen molar-refractivity contribution < 1.29 is 12.9 Å². The molecule has 1 unspecified atom stereocenters. The van der Waals surface area contributed by atoms with Crippen molar-refractivity contribution in [3.05, 3.63) is 52.6 Å². The monoisotopic (exact) mass is 428 g/mol. The minimum Gasteiger partial charge on any atom is -0.760 e. The topological polar surface area (TPSA) is 93.2 Å². The summed E-state index contributed by atoms with van der Waals surface area (Å²) in [5, 5.41) is 0.665. The van der Waals surface area contributed by atoms with Crippen LogP contribution in [0.15, 0.2) is 41.5 Å². The summed E-state index contributed by atoms with van der Waals surface area (Å²) in [7, 11) is 0. The molecular formula is C22H25N4O3S-. The van der Waals surface area contributed by atoms with E-state index in [1.165, 1.54) is 19.0 Å². The maximum atomic E-state index is 12.8. The number of aromatic nitrogens is 2. The fourth-order valence-corrected chi connectivity index (χ4v) is 4.87. The number of aryl methyl sites for hydroxylation is 1. The molecule has 30 heavy (non-hydrogen) atoms. The molecule has 1 spiro atoms. The van der Waals surface area contributed by atoms with Crippen LogP contribution in [0.5, 0.6) is 0 Å². The highest BCUT2D eigenvalue weighted by atomic mass is 32.2. The number of rotatable bonds is 6. The lowest BCUT2D eigenvalue weighted by Gasteiger charge is -2.24. The first kappa shape index (κ1) is 16.3. The van der Waals surface area contributed by atoms with Gasteiger partial charge >= 0.3 is 0 Å². The molecule has 1 aromatic carbocycles. The van der Waals surface area contributed by atoms with Crippen molar-refractivity contribution in [2.75, 3.05) is 24.5 Å². The fourth-order valence-electron chi connectivity index (χ4n) is 4.60. The number of benzene rings is 1. The molecule has 158 valence electrons. The highest BCUT2D eigenvalue weighted by Gasteiger charge is 2.48. The summed E-state index contributed by atoms with van der Waals surface area (Å²) >= 11 is -2.33. The molecule has 1 aliphatic carbocycles. The summed E-state index contributed by atoms with van der Waals surface area (Å²) in [5.74, 6) is 0. The first-order chi connectivity index (χ1) is 15.7. The van der Waals surface area contributed by atoms with Crippen LogP contribution in [0.3, 0.4) is 0 Å². The van der Waals surface area contributed by atoms with Gasteiger partial charge in [0.25, 0.3) is 5.56 Å². The van der Waals surface area contributed by atoms with Gasteiger partial charge in [0.2, 0.25) is 0 Å². The summed E-state index contributed by atoms with van der Waals surface area (Å²) in [5.41, 5.74) is 3.49. The van der Waals surface area contributed by atoms with Gasteiger partial charge in [-0.1, -0.05) is 6.07 Å². The van der Waals surface area contributed by atoms with E-state index in [9.17, 15) is 13.6 Å². The Hall–Kier alpha value is -2.42. The van der Waals surface area contributed by atoms with Gasteiger partial charge in [-0.3, -0.25) is 9.00 Å². The largest absolute Gasteiger partial charge is 0.760 e. The first-order valence-electron chi connectivity index (χ1n) is 11.6. The average molecular weight is 429 g/mol. The molecule has 1 atom stereocenters. The number of anilines is 1. The van der Waals surface area contributed by atoms with E-state index in [0.29, 0.717) is 22.8 Å². The summed E-state index contributed by atoms with van der Waals surface area (Å²) in [6, 6.07) is 7.79. The fraction of sp³-hybridized carbons (Fsp3) is 0.409. The molecule has 0 amide bonds. The van der Waals surface area contributed by atoms with Gasteiger partial charge in [-0.15, -0.1) is 0 Å². The summed E-state index contributed by atoms with van der Waals surface area (Å²) in [6.07, 6.45) is 7.18. The third-order valence-corrected chi connectivity index (χ3v) is 6.89. The van der Waals surface area contributed by atoms with Crippen molar-refractivity contribution in [3.63, 3.8) is 0 Å². The molecule has 1 aliphatic heterocycles. The second-order valence-electron chi connectivity index (χ2n) is 8.39. The minimum atomic E-state index is -2.61. The molecule has 0 bridgehead atoms. The quantitative estimate of drug-likeness (QED) is 0.590. The summed E-state index contributed by atoms with van der Waals surface area (Å²) in [4.78, 5) is 18.1. The molecule has 7 nitrogen and oxygen atoms in total. The van der Waals surface area contributed by atoms with E-state index in [2.05, 4.69) is 14.6 Å². The van der Waals surface area contributed by atoms with Gasteiger partial charge < -0.3 is 19.0 Å².